The van der Waals surface area contributed by atoms with E-state index in [4.69, 9.17) is 5.26 Å². The molecular weight excluding hydrogens is 290 g/mol. The summed E-state index contributed by atoms with van der Waals surface area (Å²) in [6.45, 7) is 1.94. The van der Waals surface area contributed by atoms with Crippen LogP contribution in [0.5, 0.6) is 0 Å². The van der Waals surface area contributed by atoms with Gasteiger partial charge in [0.2, 0.25) is 0 Å². The fraction of sp³-hybridized carbons (Fsp3) is 0.0625. The van der Waals surface area contributed by atoms with Crippen LogP contribution in [-0.4, -0.2) is 20.2 Å². The molecule has 0 aliphatic rings. The van der Waals surface area contributed by atoms with Crippen LogP contribution in [0.2, 0.25) is 0 Å². The van der Waals surface area contributed by atoms with Gasteiger partial charge in [0.05, 0.1) is 17.4 Å². The van der Waals surface area contributed by atoms with Crippen molar-refractivity contribution in [2.45, 2.75) is 6.92 Å². The maximum absolute atomic E-state index is 9.12. The van der Waals surface area contributed by atoms with E-state index < -0.39 is 0 Å². The van der Waals surface area contributed by atoms with Gasteiger partial charge in [0.1, 0.15) is 24.0 Å². The molecule has 3 aromatic rings. The van der Waals surface area contributed by atoms with Crippen LogP contribution in [0, 0.1) is 18.3 Å². The smallest absolute Gasteiger partial charge is 0.154 e. The summed E-state index contributed by atoms with van der Waals surface area (Å²) in [5.41, 5.74) is 2.23. The average molecular weight is 303 g/mol. The van der Waals surface area contributed by atoms with E-state index in [9.17, 15) is 0 Å². The van der Waals surface area contributed by atoms with Gasteiger partial charge < -0.3 is 10.6 Å². The van der Waals surface area contributed by atoms with Crippen LogP contribution >= 0.6 is 0 Å². The number of rotatable bonds is 4. The summed E-state index contributed by atoms with van der Waals surface area (Å²) in [4.78, 5) is 8.32. The molecular formula is C16H13N7. The number of aryl methyl sites for hydroxylation is 1. The van der Waals surface area contributed by atoms with Crippen molar-refractivity contribution in [3.63, 3.8) is 0 Å². The van der Waals surface area contributed by atoms with E-state index >= 15 is 0 Å². The number of anilines is 4. The summed E-state index contributed by atoms with van der Waals surface area (Å²) >= 11 is 0. The quantitative estimate of drug-likeness (QED) is 0.764. The number of benzene rings is 1. The minimum atomic E-state index is 0.546. The predicted octanol–water partition coefficient (Wildman–Crippen LogP) is 2.93. The normalized spacial score (nSPS) is 9.91. The molecule has 0 spiro atoms. The Morgan fingerprint density at radius 1 is 1.00 bits per heavy atom. The van der Waals surface area contributed by atoms with Gasteiger partial charge >= 0.3 is 0 Å². The maximum atomic E-state index is 9.12. The van der Waals surface area contributed by atoms with Gasteiger partial charge in [-0.2, -0.15) is 10.4 Å². The van der Waals surface area contributed by atoms with Crippen molar-refractivity contribution in [3.05, 3.63) is 60.0 Å². The van der Waals surface area contributed by atoms with Gasteiger partial charge in [0, 0.05) is 6.07 Å². The third kappa shape index (κ3) is 3.57. The molecule has 0 bridgehead atoms. The molecule has 0 aliphatic carbocycles. The van der Waals surface area contributed by atoms with Crippen LogP contribution in [0.4, 0.5) is 23.1 Å². The number of para-hydroxylation sites is 1. The Hall–Kier alpha value is -3.53. The molecule has 0 saturated heterocycles. The van der Waals surface area contributed by atoms with Crippen molar-refractivity contribution < 1.29 is 0 Å². The lowest BCUT2D eigenvalue weighted by Crippen LogP contribution is -2.01. The van der Waals surface area contributed by atoms with E-state index in [-0.39, 0.29) is 0 Å². The molecule has 1 aromatic carbocycles. The third-order valence-electron chi connectivity index (χ3n) is 3.02. The molecule has 0 fully saturated rings. The van der Waals surface area contributed by atoms with Gasteiger partial charge in [-0.3, -0.25) is 0 Å². The fourth-order valence-corrected chi connectivity index (χ4v) is 1.98. The van der Waals surface area contributed by atoms with E-state index in [1.54, 1.807) is 18.3 Å². The van der Waals surface area contributed by atoms with Crippen LogP contribution in [0.3, 0.4) is 0 Å². The second-order valence-electron chi connectivity index (χ2n) is 4.81. The van der Waals surface area contributed by atoms with Gasteiger partial charge in [-0.15, -0.1) is 5.10 Å². The fourth-order valence-electron chi connectivity index (χ4n) is 1.98. The van der Waals surface area contributed by atoms with Gasteiger partial charge in [-0.05, 0) is 30.7 Å². The molecule has 0 atom stereocenters. The Balaban J connectivity index is 1.81. The van der Waals surface area contributed by atoms with E-state index in [0.717, 1.165) is 5.56 Å². The van der Waals surface area contributed by atoms with Crippen molar-refractivity contribution >= 4 is 23.1 Å². The van der Waals surface area contributed by atoms with Gasteiger partial charge in [-0.25, -0.2) is 9.97 Å². The van der Waals surface area contributed by atoms with E-state index in [1.807, 2.05) is 31.2 Å². The lowest BCUT2D eigenvalue weighted by molar-refractivity contribution is 1.02. The van der Waals surface area contributed by atoms with E-state index in [0.29, 0.717) is 28.7 Å². The first-order chi connectivity index (χ1) is 11.2. The minimum Gasteiger partial charge on any atom is -0.339 e. The van der Waals surface area contributed by atoms with Gasteiger partial charge in [-0.1, -0.05) is 12.1 Å². The highest BCUT2D eigenvalue weighted by Crippen LogP contribution is 2.20. The first-order valence-electron chi connectivity index (χ1n) is 6.89. The maximum Gasteiger partial charge on any atom is 0.154 e. The van der Waals surface area contributed by atoms with Crippen molar-refractivity contribution in [1.29, 1.82) is 5.26 Å². The topological polar surface area (TPSA) is 99.4 Å². The zero-order valence-corrected chi connectivity index (χ0v) is 12.4. The average Bonchev–Trinajstić information content (AvgIpc) is 2.56. The molecule has 7 nitrogen and oxygen atoms in total. The predicted molar refractivity (Wildman–Crippen MR) is 86.5 cm³/mol. The number of aromatic nitrogens is 4. The molecule has 0 aliphatic heterocycles. The largest absolute Gasteiger partial charge is 0.339 e. The molecule has 7 heteroatoms. The number of hydrogen-bond acceptors (Lipinski definition) is 7. The zero-order chi connectivity index (χ0) is 16.1. The first kappa shape index (κ1) is 14.4. The van der Waals surface area contributed by atoms with Gasteiger partial charge in [0.15, 0.2) is 5.82 Å². The molecule has 0 radical (unpaired) electrons. The van der Waals surface area contributed by atoms with Crippen LogP contribution < -0.4 is 10.6 Å². The lowest BCUT2D eigenvalue weighted by atomic mass is 10.2. The van der Waals surface area contributed by atoms with Crippen molar-refractivity contribution in [2.75, 3.05) is 10.6 Å². The number of nitrogens with zero attached hydrogens (tertiary/aromatic N) is 5. The summed E-state index contributed by atoms with van der Waals surface area (Å²) in [5.74, 6) is 1.76. The highest BCUT2D eigenvalue weighted by molar-refractivity contribution is 5.66. The summed E-state index contributed by atoms with van der Waals surface area (Å²) in [5, 5.41) is 23.2. The highest BCUT2D eigenvalue weighted by Gasteiger charge is 2.04. The lowest BCUT2D eigenvalue weighted by Gasteiger charge is -2.09. The summed E-state index contributed by atoms with van der Waals surface area (Å²) < 4.78 is 0. The number of hydrogen-bond donors (Lipinski definition) is 2. The second kappa shape index (κ2) is 6.49. The van der Waals surface area contributed by atoms with E-state index in [2.05, 4.69) is 36.9 Å². The molecule has 23 heavy (non-hydrogen) atoms. The molecule has 0 saturated carbocycles. The second-order valence-corrected chi connectivity index (χ2v) is 4.81. The first-order valence-corrected chi connectivity index (χ1v) is 6.89. The standard InChI is InChI=1S/C16H13N7/c1-11-6-16(23-20-9-11)22-15-7-14(18-10-19-15)21-13-5-3-2-4-12(13)8-17/h2-7,9-10H,1H3,(H2,18,19,21,22,23). The Kier molecular flexibility index (Phi) is 4.07. The molecule has 112 valence electrons. The van der Waals surface area contributed by atoms with Crippen LogP contribution in [0.15, 0.2) is 48.9 Å². The molecule has 2 N–H and O–H groups in total. The van der Waals surface area contributed by atoms with Crippen LogP contribution in [0.1, 0.15) is 11.1 Å². The Labute approximate surface area is 133 Å². The number of nitriles is 1. The van der Waals surface area contributed by atoms with Crippen LogP contribution in [-0.2, 0) is 0 Å². The monoisotopic (exact) mass is 303 g/mol. The molecule has 2 aromatic heterocycles. The Morgan fingerprint density at radius 3 is 2.57 bits per heavy atom. The minimum absolute atomic E-state index is 0.546. The summed E-state index contributed by atoms with van der Waals surface area (Å²) in [7, 11) is 0. The molecule has 0 amide bonds. The third-order valence-corrected chi connectivity index (χ3v) is 3.02. The Morgan fingerprint density at radius 2 is 1.78 bits per heavy atom. The number of nitrogens with one attached hydrogen (secondary N) is 2. The highest BCUT2D eigenvalue weighted by atomic mass is 15.2. The van der Waals surface area contributed by atoms with Crippen LogP contribution in [0.25, 0.3) is 0 Å². The van der Waals surface area contributed by atoms with Crippen molar-refractivity contribution in [2.24, 2.45) is 0 Å². The SMILES string of the molecule is Cc1cnnc(Nc2cc(Nc3ccccc3C#N)ncn2)c1. The van der Waals surface area contributed by atoms with Gasteiger partial charge in [0.25, 0.3) is 0 Å². The molecule has 0 unspecified atom stereocenters. The summed E-state index contributed by atoms with van der Waals surface area (Å²) in [6, 6.07) is 13.0. The van der Waals surface area contributed by atoms with Crippen molar-refractivity contribution in [1.82, 2.24) is 20.2 Å². The van der Waals surface area contributed by atoms with Crippen molar-refractivity contribution in [3.8, 4) is 6.07 Å². The Bertz CT molecular complexity index is 870. The zero-order valence-electron chi connectivity index (χ0n) is 12.4. The molecule has 2 heterocycles. The van der Waals surface area contributed by atoms with E-state index in [1.165, 1.54) is 6.33 Å². The molecule has 3 rings (SSSR count). The summed E-state index contributed by atoms with van der Waals surface area (Å²) in [6.07, 6.45) is 3.11.